The van der Waals surface area contributed by atoms with Gasteiger partial charge in [-0.3, -0.25) is 4.79 Å². The van der Waals surface area contributed by atoms with E-state index in [9.17, 15) is 9.35 Å². The van der Waals surface area contributed by atoms with Crippen LogP contribution < -0.4 is 9.46 Å². The van der Waals surface area contributed by atoms with Crippen LogP contribution in [0.5, 0.6) is 5.75 Å². The highest BCUT2D eigenvalue weighted by molar-refractivity contribution is 7.90. The molecule has 0 aliphatic carbocycles. The molecule has 2 unspecified atom stereocenters. The number of amides is 1. The van der Waals surface area contributed by atoms with Gasteiger partial charge in [-0.1, -0.05) is 47.5 Å². The van der Waals surface area contributed by atoms with E-state index in [4.69, 9.17) is 49.0 Å². The van der Waals surface area contributed by atoms with Crippen LogP contribution in [-0.2, 0) is 25.6 Å². The molecule has 2 fully saturated rings. The van der Waals surface area contributed by atoms with E-state index in [0.29, 0.717) is 37.2 Å². The van der Waals surface area contributed by atoms with Crippen LogP contribution in [0.2, 0.25) is 15.1 Å². The summed E-state index contributed by atoms with van der Waals surface area (Å²) < 4.78 is 33.2. The summed E-state index contributed by atoms with van der Waals surface area (Å²) in [7, 11) is 0. The van der Waals surface area contributed by atoms with E-state index >= 15 is 0 Å². The van der Waals surface area contributed by atoms with Crippen LogP contribution >= 0.6 is 34.8 Å². The van der Waals surface area contributed by atoms with Gasteiger partial charge in [0.25, 0.3) is 5.91 Å². The molecule has 1 aromatic carbocycles. The largest absolute Gasteiger partial charge is 0.598 e. The highest BCUT2D eigenvalue weighted by Crippen LogP contribution is 2.46. The van der Waals surface area contributed by atoms with Crippen molar-refractivity contribution < 1.29 is 23.6 Å². The lowest BCUT2D eigenvalue weighted by atomic mass is 9.85. The number of hydrogen-bond donors (Lipinski definition) is 1. The molecular weight excluding hydrogens is 547 g/mol. The minimum atomic E-state index is -1.41. The number of nitrogens with zero attached hydrogens (tertiary/aromatic N) is 1. The summed E-state index contributed by atoms with van der Waals surface area (Å²) in [5.74, 6) is -0.394. The first kappa shape index (κ1) is 29.8. The van der Waals surface area contributed by atoms with E-state index in [1.807, 2.05) is 20.8 Å². The van der Waals surface area contributed by atoms with Crippen LogP contribution in [0.4, 0.5) is 0 Å². The van der Waals surface area contributed by atoms with Crippen molar-refractivity contribution >= 4 is 52.1 Å². The second kappa shape index (κ2) is 12.0. The molecule has 2 aliphatic rings. The van der Waals surface area contributed by atoms with E-state index in [-0.39, 0.29) is 40.1 Å². The number of hydrogen-bond acceptors (Lipinski definition) is 6. The molecule has 0 radical (unpaired) electrons. The van der Waals surface area contributed by atoms with Crippen LogP contribution in [0.1, 0.15) is 59.1 Å². The second-order valence-electron chi connectivity index (χ2n) is 10.5. The quantitative estimate of drug-likeness (QED) is 0.241. The first-order valence-electron chi connectivity index (χ1n) is 11.9. The third kappa shape index (κ3) is 7.03. The van der Waals surface area contributed by atoms with Crippen LogP contribution in [-0.4, -0.2) is 58.3 Å². The topological polar surface area (TPSA) is 83.1 Å². The Morgan fingerprint density at radius 1 is 1.33 bits per heavy atom. The van der Waals surface area contributed by atoms with Gasteiger partial charge in [0.2, 0.25) is 0 Å². The van der Waals surface area contributed by atoms with Crippen molar-refractivity contribution in [1.82, 2.24) is 9.62 Å². The highest BCUT2D eigenvalue weighted by atomic mass is 35.5. The fourth-order valence-corrected chi connectivity index (χ4v) is 5.90. The Hall–Kier alpha value is -0.710. The van der Waals surface area contributed by atoms with Crippen molar-refractivity contribution in [3.05, 3.63) is 39.4 Å². The van der Waals surface area contributed by atoms with Crippen LogP contribution in [0.15, 0.2) is 18.7 Å². The zero-order chi connectivity index (χ0) is 26.8. The van der Waals surface area contributed by atoms with Crippen LogP contribution in [0, 0.1) is 5.92 Å². The van der Waals surface area contributed by atoms with E-state index in [1.54, 1.807) is 30.9 Å². The van der Waals surface area contributed by atoms with E-state index in [2.05, 4.69) is 11.3 Å². The number of rotatable bonds is 8. The van der Waals surface area contributed by atoms with Crippen molar-refractivity contribution in [2.75, 3.05) is 26.3 Å². The molecule has 2 aliphatic heterocycles. The van der Waals surface area contributed by atoms with Crippen molar-refractivity contribution in [1.29, 1.82) is 0 Å². The molecule has 2 heterocycles. The number of likely N-dealkylation sites (tertiary alicyclic amines) is 1. The summed E-state index contributed by atoms with van der Waals surface area (Å²) in [4.78, 5) is 14.8. The van der Waals surface area contributed by atoms with Gasteiger partial charge in [0.15, 0.2) is 11.9 Å². The minimum absolute atomic E-state index is 0.00152. The van der Waals surface area contributed by atoms with Gasteiger partial charge < -0.3 is 23.7 Å². The summed E-state index contributed by atoms with van der Waals surface area (Å²) >= 11 is 18.1. The molecule has 36 heavy (non-hydrogen) atoms. The molecule has 3 rings (SSSR count). The lowest BCUT2D eigenvalue weighted by Crippen LogP contribution is -2.48. The molecule has 0 aromatic heterocycles. The number of ether oxygens (including phenoxy) is 3. The highest BCUT2D eigenvalue weighted by Gasteiger charge is 2.42. The summed E-state index contributed by atoms with van der Waals surface area (Å²) in [5, 5.41) is 0.729. The minimum Gasteiger partial charge on any atom is -0.598 e. The van der Waals surface area contributed by atoms with Crippen LogP contribution in [0.25, 0.3) is 0 Å². The van der Waals surface area contributed by atoms with Gasteiger partial charge in [-0.2, -0.15) is 0 Å². The summed E-state index contributed by atoms with van der Waals surface area (Å²) in [6.45, 7) is 14.5. The monoisotopic (exact) mass is 580 g/mol. The Morgan fingerprint density at radius 3 is 2.50 bits per heavy atom. The number of halogens is 3. The smallest absolute Gasteiger partial charge is 0.254 e. The molecule has 3 atom stereocenters. The average molecular weight is 582 g/mol. The zero-order valence-electron chi connectivity index (χ0n) is 21.4. The fraction of sp³-hybridized carbons (Fsp3) is 0.640. The Balaban J connectivity index is 1.87. The molecule has 1 aromatic rings. The van der Waals surface area contributed by atoms with Gasteiger partial charge in [-0.25, -0.2) is 0 Å². The van der Waals surface area contributed by atoms with Gasteiger partial charge in [0.1, 0.15) is 17.1 Å². The number of carbonyl (C=O) groups is 1. The lowest BCUT2D eigenvalue weighted by molar-refractivity contribution is -0.161. The van der Waals surface area contributed by atoms with Gasteiger partial charge in [-0.05, 0) is 53.4 Å². The Morgan fingerprint density at radius 2 is 1.97 bits per heavy atom. The number of piperidine rings is 1. The first-order valence-corrected chi connectivity index (χ1v) is 14.2. The van der Waals surface area contributed by atoms with Gasteiger partial charge in [0, 0.05) is 36.1 Å². The molecule has 0 bridgehead atoms. The number of benzene rings is 1. The number of nitrogens with one attached hydrogen (secondary N) is 1. The van der Waals surface area contributed by atoms with Crippen molar-refractivity contribution in [2.24, 2.45) is 5.92 Å². The number of carbonyl (C=O) groups excluding carboxylic acids is 1. The first-order chi connectivity index (χ1) is 16.7. The summed E-state index contributed by atoms with van der Waals surface area (Å²) in [5.41, 5.74) is 0.601. The van der Waals surface area contributed by atoms with Crippen molar-refractivity contribution in [2.45, 2.75) is 70.1 Å². The SMILES string of the molecule is C=CCOc1cc(Cl)c(Cl)c(Cl)c1C(N[S+]([O-])C(C)(C)C)C1CCN(C(=O)[C@H]2COC(C)(C)O2)CC1. The van der Waals surface area contributed by atoms with Crippen molar-refractivity contribution in [3.8, 4) is 5.75 Å². The zero-order valence-corrected chi connectivity index (χ0v) is 24.5. The predicted octanol–water partition coefficient (Wildman–Crippen LogP) is 5.69. The molecule has 2 saturated heterocycles. The molecule has 1 N–H and O–H groups in total. The van der Waals surface area contributed by atoms with Crippen LogP contribution in [0.3, 0.4) is 0 Å². The molecule has 11 heteroatoms. The maximum absolute atomic E-state index is 13.2. The Labute approximate surface area is 232 Å². The maximum atomic E-state index is 13.2. The molecule has 202 valence electrons. The molecule has 0 spiro atoms. The average Bonchev–Trinajstić information content (AvgIpc) is 3.18. The normalized spacial score (nSPS) is 22.4. The van der Waals surface area contributed by atoms with Gasteiger partial charge >= 0.3 is 0 Å². The molecular formula is C25H35Cl3N2O5S. The lowest BCUT2D eigenvalue weighted by Gasteiger charge is -2.39. The van der Waals surface area contributed by atoms with Gasteiger partial charge in [0.05, 0.1) is 27.7 Å². The predicted molar refractivity (Wildman–Crippen MR) is 145 cm³/mol. The second-order valence-corrected chi connectivity index (χ2v) is 13.6. The summed E-state index contributed by atoms with van der Waals surface area (Å²) in [6.07, 6.45) is 2.32. The maximum Gasteiger partial charge on any atom is 0.254 e. The van der Waals surface area contributed by atoms with Gasteiger partial charge in [-0.15, -0.1) is 4.72 Å². The third-order valence-electron chi connectivity index (χ3n) is 6.23. The summed E-state index contributed by atoms with van der Waals surface area (Å²) in [6, 6.07) is 1.18. The Kier molecular flexibility index (Phi) is 9.94. The standard InChI is InChI=1S/C25H35Cl3N2O5S/c1-7-12-33-17-13-16(26)20(27)21(28)19(17)22(29-36(32)24(2,3)4)15-8-10-30(11-9-15)23(31)18-14-34-25(5,6)35-18/h7,13,15,18,22,29H,1,8-12,14H2,2-6H3/t18-,22?,36?/m1/s1. The Bertz CT molecular complexity index is 964. The fourth-order valence-electron chi connectivity index (χ4n) is 4.29. The van der Waals surface area contributed by atoms with E-state index in [1.165, 1.54) is 0 Å². The van der Waals surface area contributed by atoms with E-state index in [0.717, 1.165) is 0 Å². The molecule has 7 nitrogen and oxygen atoms in total. The molecule has 0 saturated carbocycles. The van der Waals surface area contributed by atoms with E-state index < -0.39 is 34.0 Å². The third-order valence-corrected chi connectivity index (χ3v) is 9.08. The van der Waals surface area contributed by atoms with Crippen molar-refractivity contribution in [3.63, 3.8) is 0 Å². The molecule has 1 amide bonds.